The smallest absolute Gasteiger partial charge is 0.0150 e. The molecule has 0 fully saturated rings. The van der Waals surface area contributed by atoms with E-state index in [-0.39, 0.29) is 0 Å². The third-order valence-electron chi connectivity index (χ3n) is 12.0. The van der Waals surface area contributed by atoms with Crippen molar-refractivity contribution in [3.63, 3.8) is 0 Å². The first-order valence-electron chi connectivity index (χ1n) is 21.2. The fourth-order valence-electron chi connectivity index (χ4n) is 9.42. The standard InChI is InChI=1S/C55H64/c1-42(2)35-50(44-23-11-5-12-24-44)37-52(46-27-15-7-16-28-46)39-54(48-31-19-9-20-32-48)41-55(49-33-21-10-22-34-49)40-53(47-29-17-8-18-30-47)38-51(36-43(3)4)45-25-13-6-14-26-45/h5-34,42-43,50-55H,35-41H2,1-4H3. The van der Waals surface area contributed by atoms with Gasteiger partial charge in [-0.3, -0.25) is 0 Å². The quantitative estimate of drug-likeness (QED) is 0.0735. The molecular weight excluding hydrogens is 661 g/mol. The molecule has 0 aliphatic rings. The minimum Gasteiger partial charge on any atom is -0.0628 e. The molecule has 0 aliphatic heterocycles. The number of rotatable bonds is 20. The zero-order chi connectivity index (χ0) is 38.2. The molecule has 0 spiro atoms. The van der Waals surface area contributed by atoms with Crippen LogP contribution in [0.4, 0.5) is 0 Å². The Bertz CT molecular complexity index is 1740. The van der Waals surface area contributed by atoms with Crippen molar-refractivity contribution in [2.24, 2.45) is 11.8 Å². The maximum Gasteiger partial charge on any atom is -0.0150 e. The zero-order valence-corrected chi connectivity index (χ0v) is 33.9. The Kier molecular flexibility index (Phi) is 15.2. The van der Waals surface area contributed by atoms with Crippen LogP contribution < -0.4 is 0 Å². The van der Waals surface area contributed by atoms with Gasteiger partial charge in [0.05, 0.1) is 0 Å². The highest BCUT2D eigenvalue weighted by molar-refractivity contribution is 5.30. The van der Waals surface area contributed by atoms with Gasteiger partial charge in [0, 0.05) is 0 Å². The SMILES string of the molecule is CC(C)CC(CC(CC(CC(CC(CC(CC(C)C)c1ccccc1)c1ccccc1)c1ccccc1)c1ccccc1)c1ccccc1)c1ccccc1. The third kappa shape index (κ3) is 12.2. The van der Waals surface area contributed by atoms with Crippen molar-refractivity contribution in [1.29, 1.82) is 0 Å². The van der Waals surface area contributed by atoms with Crippen LogP contribution in [0.15, 0.2) is 182 Å². The molecule has 284 valence electrons. The molecule has 0 heterocycles. The molecule has 0 aliphatic carbocycles. The summed E-state index contributed by atoms with van der Waals surface area (Å²) in [5.41, 5.74) is 8.87. The summed E-state index contributed by atoms with van der Waals surface area (Å²) in [6, 6.07) is 68.6. The Morgan fingerprint density at radius 3 is 0.509 bits per heavy atom. The van der Waals surface area contributed by atoms with Crippen LogP contribution in [0.3, 0.4) is 0 Å². The second kappa shape index (κ2) is 20.8. The molecule has 6 atom stereocenters. The molecule has 6 rings (SSSR count). The first-order valence-corrected chi connectivity index (χ1v) is 21.2. The second-order valence-electron chi connectivity index (χ2n) is 17.1. The lowest BCUT2D eigenvalue weighted by Gasteiger charge is -2.33. The van der Waals surface area contributed by atoms with Crippen molar-refractivity contribution in [1.82, 2.24) is 0 Å². The Morgan fingerprint density at radius 2 is 0.364 bits per heavy atom. The van der Waals surface area contributed by atoms with Gasteiger partial charge >= 0.3 is 0 Å². The molecule has 0 N–H and O–H groups in total. The first-order chi connectivity index (χ1) is 26.9. The Morgan fingerprint density at radius 1 is 0.218 bits per heavy atom. The van der Waals surface area contributed by atoms with Crippen LogP contribution in [0, 0.1) is 11.8 Å². The fourth-order valence-corrected chi connectivity index (χ4v) is 9.42. The second-order valence-corrected chi connectivity index (χ2v) is 17.1. The third-order valence-corrected chi connectivity index (χ3v) is 12.0. The summed E-state index contributed by atoms with van der Waals surface area (Å²) >= 11 is 0. The first kappa shape index (κ1) is 40.0. The molecular formula is C55H64. The zero-order valence-electron chi connectivity index (χ0n) is 33.9. The summed E-state index contributed by atoms with van der Waals surface area (Å²) in [6.07, 6.45) is 8.12. The van der Waals surface area contributed by atoms with E-state index in [1.165, 1.54) is 46.2 Å². The van der Waals surface area contributed by atoms with Crippen LogP contribution in [0.2, 0.25) is 0 Å². The lowest BCUT2D eigenvalue weighted by atomic mass is 9.71. The van der Waals surface area contributed by atoms with Crippen molar-refractivity contribution in [2.45, 2.75) is 108 Å². The van der Waals surface area contributed by atoms with Crippen molar-refractivity contribution in [3.8, 4) is 0 Å². The Labute approximate surface area is 334 Å². The lowest BCUT2D eigenvalue weighted by molar-refractivity contribution is 0.370. The Hall–Kier alpha value is -4.68. The molecule has 6 aromatic carbocycles. The summed E-state index contributed by atoms with van der Waals surface area (Å²) in [4.78, 5) is 0. The highest BCUT2D eigenvalue weighted by Crippen LogP contribution is 2.46. The monoisotopic (exact) mass is 725 g/mol. The minimum atomic E-state index is 0.420. The predicted octanol–water partition coefficient (Wildman–Crippen LogP) is 15.7. The highest BCUT2D eigenvalue weighted by atomic mass is 14.3. The summed E-state index contributed by atoms with van der Waals surface area (Å²) in [5.74, 6) is 4.06. The number of hydrogen-bond acceptors (Lipinski definition) is 0. The molecule has 0 radical (unpaired) electrons. The molecule has 6 unspecified atom stereocenters. The van der Waals surface area contributed by atoms with Gasteiger partial charge in [0.15, 0.2) is 0 Å². The van der Waals surface area contributed by atoms with Gasteiger partial charge in [-0.1, -0.05) is 210 Å². The van der Waals surface area contributed by atoms with Crippen LogP contribution >= 0.6 is 0 Å². The molecule has 0 saturated carbocycles. The largest absolute Gasteiger partial charge is 0.0628 e. The van der Waals surface area contributed by atoms with Gasteiger partial charge in [-0.05, 0) is 126 Å². The van der Waals surface area contributed by atoms with Crippen LogP contribution in [-0.2, 0) is 0 Å². The number of hydrogen-bond donors (Lipinski definition) is 0. The van der Waals surface area contributed by atoms with Gasteiger partial charge in [0.25, 0.3) is 0 Å². The summed E-state index contributed by atoms with van der Waals surface area (Å²) in [7, 11) is 0. The van der Waals surface area contributed by atoms with Crippen molar-refractivity contribution in [3.05, 3.63) is 215 Å². The Balaban J connectivity index is 1.37. The average Bonchev–Trinajstić information content (AvgIpc) is 3.23. The summed E-state index contributed by atoms with van der Waals surface area (Å²) in [5, 5.41) is 0. The molecule has 0 nitrogen and oxygen atoms in total. The molecule has 0 saturated heterocycles. The van der Waals surface area contributed by atoms with E-state index in [1.54, 1.807) is 0 Å². The van der Waals surface area contributed by atoms with Crippen LogP contribution in [-0.4, -0.2) is 0 Å². The maximum absolute atomic E-state index is 2.40. The van der Waals surface area contributed by atoms with E-state index < -0.39 is 0 Å². The average molecular weight is 725 g/mol. The molecule has 6 aromatic rings. The van der Waals surface area contributed by atoms with E-state index in [0.717, 1.165) is 32.1 Å². The molecule has 0 heteroatoms. The molecule has 0 bridgehead atoms. The van der Waals surface area contributed by atoms with Crippen molar-refractivity contribution >= 4 is 0 Å². The maximum atomic E-state index is 2.40. The molecule has 55 heavy (non-hydrogen) atoms. The predicted molar refractivity (Wildman–Crippen MR) is 237 cm³/mol. The van der Waals surface area contributed by atoms with Crippen LogP contribution in [0.5, 0.6) is 0 Å². The van der Waals surface area contributed by atoms with E-state index in [9.17, 15) is 0 Å². The van der Waals surface area contributed by atoms with Gasteiger partial charge in [0.1, 0.15) is 0 Å². The number of benzene rings is 6. The van der Waals surface area contributed by atoms with Crippen LogP contribution in [0.1, 0.15) is 142 Å². The minimum absolute atomic E-state index is 0.420. The van der Waals surface area contributed by atoms with E-state index in [4.69, 9.17) is 0 Å². The topological polar surface area (TPSA) is 0 Å². The lowest BCUT2D eigenvalue weighted by Crippen LogP contribution is -2.17. The van der Waals surface area contributed by atoms with E-state index in [1.807, 2.05) is 0 Å². The summed E-state index contributed by atoms with van der Waals surface area (Å²) < 4.78 is 0. The van der Waals surface area contributed by atoms with Crippen molar-refractivity contribution in [2.75, 3.05) is 0 Å². The molecule has 0 aromatic heterocycles. The fraction of sp³-hybridized carbons (Fsp3) is 0.345. The van der Waals surface area contributed by atoms with Gasteiger partial charge in [-0.2, -0.15) is 0 Å². The van der Waals surface area contributed by atoms with E-state index in [2.05, 4.69) is 210 Å². The summed E-state index contributed by atoms with van der Waals surface area (Å²) in [6.45, 7) is 9.55. The van der Waals surface area contributed by atoms with E-state index in [0.29, 0.717) is 47.3 Å². The van der Waals surface area contributed by atoms with Gasteiger partial charge < -0.3 is 0 Å². The molecule has 0 amide bonds. The van der Waals surface area contributed by atoms with Gasteiger partial charge in [-0.25, -0.2) is 0 Å². The van der Waals surface area contributed by atoms with E-state index >= 15 is 0 Å². The van der Waals surface area contributed by atoms with Gasteiger partial charge in [-0.15, -0.1) is 0 Å². The normalized spacial score (nSPS) is 14.9. The highest BCUT2D eigenvalue weighted by Gasteiger charge is 2.30. The van der Waals surface area contributed by atoms with Crippen molar-refractivity contribution < 1.29 is 0 Å². The van der Waals surface area contributed by atoms with Crippen LogP contribution in [0.25, 0.3) is 0 Å². The van der Waals surface area contributed by atoms with Gasteiger partial charge in [0.2, 0.25) is 0 Å².